The van der Waals surface area contributed by atoms with E-state index in [1.54, 1.807) is 0 Å². The minimum atomic E-state index is -4.75. The molecule has 2 aromatic heterocycles. The van der Waals surface area contributed by atoms with Crippen molar-refractivity contribution in [3.8, 4) is 11.7 Å². The Morgan fingerprint density at radius 2 is 2.05 bits per heavy atom. The lowest BCUT2D eigenvalue weighted by Crippen LogP contribution is -2.09. The number of ether oxygens (including phenoxy) is 1. The number of carbonyl (C=O) groups is 1. The number of halogens is 3. The second kappa shape index (κ2) is 4.87. The molecular formula is C12H9F3N2O3. The summed E-state index contributed by atoms with van der Waals surface area (Å²) in [5.41, 5.74) is -2.06. The maximum absolute atomic E-state index is 12.8. The van der Waals surface area contributed by atoms with Gasteiger partial charge in [0.05, 0.1) is 18.2 Å². The molecule has 1 N–H and O–H groups in total. The highest BCUT2D eigenvalue weighted by Crippen LogP contribution is 2.33. The first-order valence-electron chi connectivity index (χ1n) is 5.37. The van der Waals surface area contributed by atoms with E-state index in [2.05, 4.69) is 4.98 Å². The van der Waals surface area contributed by atoms with Crippen LogP contribution in [0.2, 0.25) is 0 Å². The van der Waals surface area contributed by atoms with E-state index in [-0.39, 0.29) is 11.7 Å². The monoisotopic (exact) mass is 286 g/mol. The Morgan fingerprint density at radius 1 is 1.35 bits per heavy atom. The first-order valence-corrected chi connectivity index (χ1v) is 5.37. The van der Waals surface area contributed by atoms with Gasteiger partial charge >= 0.3 is 12.1 Å². The number of methoxy groups -OCH3 is 1. The molecular weight excluding hydrogens is 277 g/mol. The zero-order valence-electron chi connectivity index (χ0n) is 10.2. The third kappa shape index (κ3) is 2.58. The Balaban J connectivity index is 2.56. The molecule has 2 aromatic rings. The SMILES string of the molecule is COc1cccc(-n2cc(C(=O)O)c(C(F)(F)F)c2)n1. The fourth-order valence-electron chi connectivity index (χ4n) is 1.64. The number of carboxylic acid groups (broad SMARTS) is 1. The molecule has 0 atom stereocenters. The number of hydrogen-bond acceptors (Lipinski definition) is 3. The van der Waals surface area contributed by atoms with E-state index in [1.807, 2.05) is 0 Å². The summed E-state index contributed by atoms with van der Waals surface area (Å²) in [5.74, 6) is -1.32. The lowest BCUT2D eigenvalue weighted by atomic mass is 10.2. The van der Waals surface area contributed by atoms with E-state index >= 15 is 0 Å². The molecule has 0 aliphatic rings. The maximum Gasteiger partial charge on any atom is 0.418 e. The van der Waals surface area contributed by atoms with Gasteiger partial charge in [0.15, 0.2) is 0 Å². The summed E-state index contributed by atoms with van der Waals surface area (Å²) in [6, 6.07) is 4.50. The molecule has 0 fully saturated rings. The maximum atomic E-state index is 12.8. The van der Waals surface area contributed by atoms with Crippen LogP contribution in [0.15, 0.2) is 30.6 Å². The van der Waals surface area contributed by atoms with Crippen LogP contribution in [0.1, 0.15) is 15.9 Å². The van der Waals surface area contributed by atoms with E-state index in [9.17, 15) is 18.0 Å². The Labute approximate surface area is 111 Å². The van der Waals surface area contributed by atoms with Crippen LogP contribution < -0.4 is 4.74 Å². The molecule has 5 nitrogen and oxygen atoms in total. The molecule has 20 heavy (non-hydrogen) atoms. The number of hydrogen-bond donors (Lipinski definition) is 1. The second-order valence-electron chi connectivity index (χ2n) is 3.83. The zero-order chi connectivity index (χ0) is 14.9. The highest BCUT2D eigenvalue weighted by Gasteiger charge is 2.37. The van der Waals surface area contributed by atoms with Crippen molar-refractivity contribution in [3.05, 3.63) is 41.7 Å². The topological polar surface area (TPSA) is 64.3 Å². The summed E-state index contributed by atoms with van der Waals surface area (Å²) in [4.78, 5) is 14.8. The van der Waals surface area contributed by atoms with Crippen molar-refractivity contribution < 1.29 is 27.8 Å². The molecule has 2 rings (SSSR count). The van der Waals surface area contributed by atoms with Crippen molar-refractivity contribution in [1.82, 2.24) is 9.55 Å². The summed E-state index contributed by atoms with van der Waals surface area (Å²) < 4.78 is 44.1. The van der Waals surface area contributed by atoms with Gasteiger partial charge < -0.3 is 14.4 Å². The lowest BCUT2D eigenvalue weighted by molar-refractivity contribution is -0.138. The van der Waals surface area contributed by atoms with Gasteiger partial charge in [0.1, 0.15) is 5.82 Å². The molecule has 8 heteroatoms. The minimum absolute atomic E-state index is 0.127. The fourth-order valence-corrected chi connectivity index (χ4v) is 1.64. The smallest absolute Gasteiger partial charge is 0.418 e. The molecule has 2 heterocycles. The summed E-state index contributed by atoms with van der Waals surface area (Å²) >= 11 is 0. The molecule has 0 saturated heterocycles. The minimum Gasteiger partial charge on any atom is -0.481 e. The van der Waals surface area contributed by atoms with Gasteiger partial charge in [0, 0.05) is 18.5 Å². The molecule has 0 unspecified atom stereocenters. The Kier molecular flexibility index (Phi) is 3.39. The quantitative estimate of drug-likeness (QED) is 0.942. The van der Waals surface area contributed by atoms with E-state index in [1.165, 1.54) is 25.3 Å². The number of carboxylic acids is 1. The summed E-state index contributed by atoms with van der Waals surface area (Å²) in [7, 11) is 1.37. The van der Waals surface area contributed by atoms with Crippen molar-refractivity contribution in [2.24, 2.45) is 0 Å². The molecule has 0 spiro atoms. The standard InChI is InChI=1S/C12H9F3N2O3/c1-20-10-4-2-3-9(16-10)17-5-7(11(18)19)8(6-17)12(13,14)15/h2-6H,1H3,(H,18,19). The largest absolute Gasteiger partial charge is 0.481 e. The van der Waals surface area contributed by atoms with Crippen molar-refractivity contribution in [3.63, 3.8) is 0 Å². The third-order valence-corrected chi connectivity index (χ3v) is 2.54. The first kappa shape index (κ1) is 13.9. The van der Waals surface area contributed by atoms with Gasteiger partial charge in [-0.2, -0.15) is 18.2 Å². The van der Waals surface area contributed by atoms with Gasteiger partial charge in [-0.25, -0.2) is 4.79 Å². The van der Waals surface area contributed by atoms with Gasteiger partial charge in [-0.05, 0) is 6.07 Å². The first-order chi connectivity index (χ1) is 9.32. The Hall–Kier alpha value is -2.51. The van der Waals surface area contributed by atoms with Crippen LogP contribution in [-0.4, -0.2) is 27.7 Å². The average Bonchev–Trinajstić information content (AvgIpc) is 2.84. The van der Waals surface area contributed by atoms with Crippen LogP contribution in [0.5, 0.6) is 5.88 Å². The van der Waals surface area contributed by atoms with Crippen molar-refractivity contribution in [2.45, 2.75) is 6.18 Å². The van der Waals surface area contributed by atoms with Crippen LogP contribution in [0.4, 0.5) is 13.2 Å². The molecule has 0 radical (unpaired) electrons. The van der Waals surface area contributed by atoms with E-state index in [0.717, 1.165) is 10.8 Å². The second-order valence-corrected chi connectivity index (χ2v) is 3.83. The molecule has 0 aliphatic heterocycles. The van der Waals surface area contributed by atoms with E-state index < -0.39 is 23.3 Å². The summed E-state index contributed by atoms with van der Waals surface area (Å²) in [6.07, 6.45) is -3.20. The number of aromatic carboxylic acids is 1. The summed E-state index contributed by atoms with van der Waals surface area (Å²) in [6.45, 7) is 0. The van der Waals surface area contributed by atoms with Crippen LogP contribution in [0.3, 0.4) is 0 Å². The summed E-state index contributed by atoms with van der Waals surface area (Å²) in [5, 5.41) is 8.83. The molecule has 0 amide bonds. The van der Waals surface area contributed by atoms with Gasteiger partial charge in [-0.15, -0.1) is 0 Å². The molecule has 0 aromatic carbocycles. The van der Waals surface area contributed by atoms with Crippen molar-refractivity contribution >= 4 is 5.97 Å². The Bertz CT molecular complexity index is 650. The van der Waals surface area contributed by atoms with Crippen LogP contribution in [-0.2, 0) is 6.18 Å². The third-order valence-electron chi connectivity index (χ3n) is 2.54. The molecule has 0 saturated carbocycles. The van der Waals surface area contributed by atoms with Crippen LogP contribution in [0, 0.1) is 0 Å². The van der Waals surface area contributed by atoms with Gasteiger partial charge in [0.2, 0.25) is 5.88 Å². The number of alkyl halides is 3. The number of aromatic nitrogens is 2. The molecule has 0 bridgehead atoms. The van der Waals surface area contributed by atoms with Crippen molar-refractivity contribution in [1.29, 1.82) is 0 Å². The lowest BCUT2D eigenvalue weighted by Gasteiger charge is -2.05. The zero-order valence-corrected chi connectivity index (χ0v) is 10.2. The number of nitrogens with zero attached hydrogens (tertiary/aromatic N) is 2. The Morgan fingerprint density at radius 3 is 2.55 bits per heavy atom. The predicted octanol–water partition coefficient (Wildman–Crippen LogP) is 2.60. The normalized spacial score (nSPS) is 11.4. The van der Waals surface area contributed by atoms with Gasteiger partial charge in [-0.3, -0.25) is 0 Å². The predicted molar refractivity (Wildman–Crippen MR) is 62.1 cm³/mol. The van der Waals surface area contributed by atoms with Gasteiger partial charge in [0.25, 0.3) is 0 Å². The fraction of sp³-hybridized carbons (Fsp3) is 0.167. The highest BCUT2D eigenvalue weighted by molar-refractivity contribution is 5.89. The van der Waals surface area contributed by atoms with E-state index in [4.69, 9.17) is 9.84 Å². The van der Waals surface area contributed by atoms with Crippen molar-refractivity contribution in [2.75, 3.05) is 7.11 Å². The van der Waals surface area contributed by atoms with Crippen LogP contribution in [0.25, 0.3) is 5.82 Å². The number of pyridine rings is 1. The van der Waals surface area contributed by atoms with E-state index in [0.29, 0.717) is 6.20 Å². The highest BCUT2D eigenvalue weighted by atomic mass is 19.4. The molecule has 106 valence electrons. The van der Waals surface area contributed by atoms with Crippen LogP contribution >= 0.6 is 0 Å². The molecule has 0 aliphatic carbocycles. The average molecular weight is 286 g/mol. The number of rotatable bonds is 3. The van der Waals surface area contributed by atoms with Gasteiger partial charge in [-0.1, -0.05) is 6.07 Å².